The van der Waals surface area contributed by atoms with Crippen LogP contribution < -0.4 is 15.9 Å². The number of hydrogen-bond acceptors (Lipinski definition) is 3. The molecule has 14 rings (SSSR count). The van der Waals surface area contributed by atoms with Gasteiger partial charge in [-0.05, 0) is 44.8 Å². The monoisotopic (exact) mass is 988 g/mol. The maximum absolute atomic E-state index is 15.0. The molecule has 5 heteroatoms. The van der Waals surface area contributed by atoms with Crippen LogP contribution in [0.15, 0.2) is 259 Å². The van der Waals surface area contributed by atoms with E-state index in [1.807, 2.05) is 60.7 Å². The second kappa shape index (κ2) is 17.6. The SMILES string of the molecule is Brc1ccc(-c2c3ccc4ccccc4c3nc3c2ccc2ccccc23)cc1.O=P(c1ccccc1)(c1ccccc1)c1ccc(-c2c3ccc4ccccc4c3nc3c2ccc2ccccc23)cc1. The topological polar surface area (TPSA) is 42.9 Å². The summed E-state index contributed by atoms with van der Waals surface area (Å²) in [4.78, 5) is 10.5. The molecule has 2 heterocycles. The average molecular weight is 990 g/mol. The van der Waals surface area contributed by atoms with Crippen LogP contribution in [0.5, 0.6) is 0 Å². The molecule has 334 valence electrons. The van der Waals surface area contributed by atoms with Crippen molar-refractivity contribution in [3.8, 4) is 22.3 Å². The second-order valence-corrected chi connectivity index (χ2v) is 21.7. The molecule has 0 unspecified atom stereocenters. The van der Waals surface area contributed by atoms with E-state index in [9.17, 15) is 4.57 Å². The number of hydrogen-bond donors (Lipinski definition) is 0. The van der Waals surface area contributed by atoms with Crippen molar-refractivity contribution < 1.29 is 4.57 Å². The lowest BCUT2D eigenvalue weighted by Gasteiger charge is -2.20. The van der Waals surface area contributed by atoms with Crippen LogP contribution in [-0.2, 0) is 4.57 Å². The van der Waals surface area contributed by atoms with Crippen LogP contribution in [0.1, 0.15) is 0 Å². The summed E-state index contributed by atoms with van der Waals surface area (Å²) in [5.41, 5.74) is 8.78. The van der Waals surface area contributed by atoms with E-state index in [0.29, 0.717) is 0 Å². The highest BCUT2D eigenvalue weighted by Crippen LogP contribution is 2.45. The van der Waals surface area contributed by atoms with Crippen molar-refractivity contribution >= 4 is 126 Å². The van der Waals surface area contributed by atoms with Crippen molar-refractivity contribution in [3.63, 3.8) is 0 Å². The van der Waals surface area contributed by atoms with Gasteiger partial charge in [-0.25, -0.2) is 9.97 Å². The molecule has 0 atom stereocenters. The van der Waals surface area contributed by atoms with Crippen molar-refractivity contribution in [2.45, 2.75) is 0 Å². The van der Waals surface area contributed by atoms with E-state index in [1.165, 1.54) is 54.2 Å². The molecule has 0 aliphatic rings. The van der Waals surface area contributed by atoms with Crippen LogP contribution in [0, 0.1) is 0 Å². The van der Waals surface area contributed by atoms with Crippen LogP contribution in [-0.4, -0.2) is 9.97 Å². The Kier molecular flexibility index (Phi) is 10.6. The molecular weight excluding hydrogens is 948 g/mol. The van der Waals surface area contributed by atoms with Crippen LogP contribution in [0.25, 0.3) is 109 Å². The standard InChI is InChI=1S/C39H26NOP.C27H16BrN/c41-42(30-13-3-1-4-14-30,31-15-5-2-6-16-31)32-23-19-29(20-24-32)37-35-25-21-27-11-7-9-17-33(27)38(35)40-39-34-18-10-8-12-28(34)22-26-36(37)39;28-20-13-9-19(10-14-20)25-23-15-11-17-5-1-3-7-21(17)26(23)29-27-22-8-4-2-6-18(22)12-16-24(25)27/h1-26H;1-16H. The van der Waals surface area contributed by atoms with Gasteiger partial charge in [-0.3, -0.25) is 0 Å². The minimum Gasteiger partial charge on any atom is -0.309 e. The molecule has 3 nitrogen and oxygen atoms in total. The highest BCUT2D eigenvalue weighted by atomic mass is 79.9. The number of rotatable bonds is 5. The number of halogens is 1. The first kappa shape index (κ1) is 42.8. The van der Waals surface area contributed by atoms with Gasteiger partial charge >= 0.3 is 0 Å². The first-order valence-corrected chi connectivity index (χ1v) is 26.4. The Balaban J connectivity index is 0.000000148. The fourth-order valence-corrected chi connectivity index (χ4v) is 13.5. The van der Waals surface area contributed by atoms with Gasteiger partial charge < -0.3 is 4.57 Å². The summed E-state index contributed by atoms with van der Waals surface area (Å²) in [6, 6.07) is 88.1. The maximum Gasteiger partial charge on any atom is 0.171 e. The van der Waals surface area contributed by atoms with E-state index in [1.54, 1.807) is 0 Å². The van der Waals surface area contributed by atoms with Crippen LogP contribution in [0.2, 0.25) is 0 Å². The molecule has 0 saturated heterocycles. The van der Waals surface area contributed by atoms with Crippen LogP contribution in [0.3, 0.4) is 0 Å². The van der Waals surface area contributed by atoms with Gasteiger partial charge in [-0.1, -0.05) is 259 Å². The summed E-state index contributed by atoms with van der Waals surface area (Å²) in [5, 5.41) is 16.5. The van der Waals surface area contributed by atoms with Gasteiger partial charge in [-0.2, -0.15) is 0 Å². The molecule has 0 saturated carbocycles. The molecular formula is C66H42BrN2OP. The normalized spacial score (nSPS) is 11.8. The van der Waals surface area contributed by atoms with E-state index in [0.717, 1.165) is 75.1 Å². The Labute approximate surface area is 419 Å². The zero-order valence-corrected chi connectivity index (χ0v) is 40.9. The lowest BCUT2D eigenvalue weighted by molar-refractivity contribution is 0.592. The van der Waals surface area contributed by atoms with Gasteiger partial charge in [-0.15, -0.1) is 0 Å². The lowest BCUT2D eigenvalue weighted by atomic mass is 9.92. The molecule has 0 spiro atoms. The van der Waals surface area contributed by atoms with E-state index in [-0.39, 0.29) is 0 Å². The molecule has 0 bridgehead atoms. The summed E-state index contributed by atoms with van der Waals surface area (Å²) in [7, 11) is -3.06. The zero-order valence-electron chi connectivity index (χ0n) is 38.4. The molecule has 0 N–H and O–H groups in total. The van der Waals surface area contributed by atoms with Crippen LogP contribution in [0.4, 0.5) is 0 Å². The van der Waals surface area contributed by atoms with E-state index < -0.39 is 7.14 Å². The first-order chi connectivity index (χ1) is 35.0. The molecule has 0 radical (unpaired) electrons. The van der Waals surface area contributed by atoms with Crippen molar-refractivity contribution in [2.24, 2.45) is 0 Å². The minimum atomic E-state index is -3.06. The lowest BCUT2D eigenvalue weighted by Crippen LogP contribution is -2.24. The quantitative estimate of drug-likeness (QED) is 0.0980. The molecule has 12 aromatic carbocycles. The number of aromatic nitrogens is 2. The Morgan fingerprint density at radius 3 is 0.887 bits per heavy atom. The zero-order chi connectivity index (χ0) is 47.5. The third-order valence-electron chi connectivity index (χ3n) is 14.0. The fraction of sp³-hybridized carbons (Fsp3) is 0. The Bertz CT molecular complexity index is 4200. The summed E-state index contributed by atoms with van der Waals surface area (Å²) < 4.78 is 16.1. The van der Waals surface area contributed by atoms with Crippen LogP contribution >= 0.6 is 23.1 Å². The largest absolute Gasteiger partial charge is 0.309 e. The third-order valence-corrected chi connectivity index (χ3v) is 17.6. The van der Waals surface area contributed by atoms with Gasteiger partial charge in [0, 0.05) is 74.6 Å². The van der Waals surface area contributed by atoms with Gasteiger partial charge in [0.25, 0.3) is 0 Å². The third kappa shape index (κ3) is 7.30. The molecule has 0 aliphatic heterocycles. The molecule has 0 amide bonds. The molecule has 71 heavy (non-hydrogen) atoms. The number of benzene rings is 12. The number of pyridine rings is 2. The Morgan fingerprint density at radius 1 is 0.268 bits per heavy atom. The summed E-state index contributed by atoms with van der Waals surface area (Å²) in [6.07, 6.45) is 0. The van der Waals surface area contributed by atoms with Crippen molar-refractivity contribution in [3.05, 3.63) is 259 Å². The van der Waals surface area contributed by atoms with Gasteiger partial charge in [0.1, 0.15) is 0 Å². The molecule has 2 aromatic heterocycles. The highest BCUT2D eigenvalue weighted by molar-refractivity contribution is 9.10. The smallest absolute Gasteiger partial charge is 0.171 e. The minimum absolute atomic E-state index is 0.821. The predicted molar refractivity (Wildman–Crippen MR) is 306 cm³/mol. The second-order valence-electron chi connectivity index (χ2n) is 18.0. The van der Waals surface area contributed by atoms with E-state index in [4.69, 9.17) is 9.97 Å². The van der Waals surface area contributed by atoms with Crippen molar-refractivity contribution in [2.75, 3.05) is 0 Å². The maximum atomic E-state index is 15.0. The Morgan fingerprint density at radius 2 is 0.549 bits per heavy atom. The predicted octanol–water partition coefficient (Wildman–Crippen LogP) is 17.1. The number of nitrogens with zero attached hydrogens (tertiary/aromatic N) is 2. The number of fused-ring (bicyclic) bond motifs is 12. The molecule has 0 fully saturated rings. The highest BCUT2D eigenvalue weighted by Gasteiger charge is 2.30. The average Bonchev–Trinajstić information content (AvgIpc) is 3.44. The molecule has 14 aromatic rings. The van der Waals surface area contributed by atoms with E-state index in [2.05, 4.69) is 210 Å². The summed E-state index contributed by atoms with van der Waals surface area (Å²) in [6.45, 7) is 0. The fourth-order valence-electron chi connectivity index (χ4n) is 10.6. The van der Waals surface area contributed by atoms with Crippen molar-refractivity contribution in [1.82, 2.24) is 9.97 Å². The van der Waals surface area contributed by atoms with Crippen molar-refractivity contribution in [1.29, 1.82) is 0 Å². The Hall–Kier alpha value is -8.27. The first-order valence-electron chi connectivity index (χ1n) is 23.9. The van der Waals surface area contributed by atoms with E-state index >= 15 is 0 Å². The summed E-state index contributed by atoms with van der Waals surface area (Å²) in [5.74, 6) is 0. The molecule has 0 aliphatic carbocycles. The van der Waals surface area contributed by atoms with Gasteiger partial charge in [0.15, 0.2) is 7.14 Å². The summed E-state index contributed by atoms with van der Waals surface area (Å²) >= 11 is 3.57. The van der Waals surface area contributed by atoms with Gasteiger partial charge in [0.05, 0.1) is 22.1 Å². The van der Waals surface area contributed by atoms with Gasteiger partial charge in [0.2, 0.25) is 0 Å².